The number of halogens is 3. The predicted molar refractivity (Wildman–Crippen MR) is 97.1 cm³/mol. The Kier molecular flexibility index (Phi) is 4.63. The molecule has 1 aromatic heterocycles. The van der Waals surface area contributed by atoms with Crippen molar-refractivity contribution in [2.75, 3.05) is 10.6 Å². The molecule has 27 heavy (non-hydrogen) atoms. The fourth-order valence-corrected chi connectivity index (χ4v) is 5.20. The highest BCUT2D eigenvalue weighted by atomic mass is 32.2. The number of alkyl halides is 3. The maximum atomic E-state index is 12.8. The molecule has 0 radical (unpaired) electrons. The smallest absolute Gasteiger partial charge is 0.324 e. The van der Waals surface area contributed by atoms with Gasteiger partial charge in [-0.05, 0) is 37.5 Å². The SMILES string of the molecule is O=C(C[C@H]1Sc2ccc(C(F)(F)F)cc2NC1=O)Nc1nc2c(s1)CCC2. The third-order valence-corrected chi connectivity index (χ3v) is 6.69. The molecule has 1 atom stereocenters. The zero-order valence-electron chi connectivity index (χ0n) is 13.9. The number of thioether (sulfide) groups is 1. The van der Waals surface area contributed by atoms with E-state index in [-0.39, 0.29) is 18.0 Å². The molecule has 2 N–H and O–H groups in total. The largest absolute Gasteiger partial charge is 0.416 e. The Morgan fingerprint density at radius 1 is 1.33 bits per heavy atom. The summed E-state index contributed by atoms with van der Waals surface area (Å²) in [6.45, 7) is 0. The second-order valence-corrected chi connectivity index (χ2v) is 8.63. The van der Waals surface area contributed by atoms with Gasteiger partial charge in [0.1, 0.15) is 0 Å². The molecule has 1 aliphatic carbocycles. The lowest BCUT2D eigenvalue weighted by molar-refractivity contribution is -0.137. The van der Waals surface area contributed by atoms with E-state index in [1.807, 2.05) is 0 Å². The van der Waals surface area contributed by atoms with Gasteiger partial charge in [-0.3, -0.25) is 9.59 Å². The van der Waals surface area contributed by atoms with Gasteiger partial charge in [-0.15, -0.1) is 23.1 Å². The van der Waals surface area contributed by atoms with Gasteiger partial charge in [0.25, 0.3) is 0 Å². The molecule has 0 fully saturated rings. The number of nitrogens with zero attached hydrogens (tertiary/aromatic N) is 1. The predicted octanol–water partition coefficient (Wildman–Crippen LogP) is 4.09. The summed E-state index contributed by atoms with van der Waals surface area (Å²) in [7, 11) is 0. The van der Waals surface area contributed by atoms with Crippen molar-refractivity contribution in [2.45, 2.75) is 42.0 Å². The van der Waals surface area contributed by atoms with E-state index >= 15 is 0 Å². The number of rotatable bonds is 3. The van der Waals surface area contributed by atoms with Crippen LogP contribution >= 0.6 is 23.1 Å². The van der Waals surface area contributed by atoms with Gasteiger partial charge in [0.2, 0.25) is 11.8 Å². The highest BCUT2D eigenvalue weighted by molar-refractivity contribution is 8.01. The molecule has 142 valence electrons. The monoisotopic (exact) mass is 413 g/mol. The minimum absolute atomic E-state index is 0.0821. The summed E-state index contributed by atoms with van der Waals surface area (Å²) in [5.74, 6) is -0.825. The molecule has 5 nitrogen and oxygen atoms in total. The lowest BCUT2D eigenvalue weighted by atomic mass is 10.1. The first-order valence-electron chi connectivity index (χ1n) is 8.27. The number of amides is 2. The lowest BCUT2D eigenvalue weighted by Crippen LogP contribution is -2.32. The van der Waals surface area contributed by atoms with Crippen LogP contribution in [0.5, 0.6) is 0 Å². The maximum absolute atomic E-state index is 12.8. The zero-order valence-corrected chi connectivity index (χ0v) is 15.5. The lowest BCUT2D eigenvalue weighted by Gasteiger charge is -2.24. The number of fused-ring (bicyclic) bond motifs is 2. The van der Waals surface area contributed by atoms with Crippen molar-refractivity contribution in [3.8, 4) is 0 Å². The molecular weight excluding hydrogens is 399 g/mol. The second kappa shape index (κ2) is 6.83. The zero-order chi connectivity index (χ0) is 19.2. The average Bonchev–Trinajstić information content (AvgIpc) is 3.15. The van der Waals surface area contributed by atoms with E-state index in [2.05, 4.69) is 15.6 Å². The van der Waals surface area contributed by atoms with Crippen molar-refractivity contribution in [1.29, 1.82) is 0 Å². The van der Waals surface area contributed by atoms with Gasteiger partial charge < -0.3 is 10.6 Å². The van der Waals surface area contributed by atoms with Gasteiger partial charge in [0.15, 0.2) is 5.13 Å². The van der Waals surface area contributed by atoms with Crippen LogP contribution < -0.4 is 10.6 Å². The van der Waals surface area contributed by atoms with Crippen molar-refractivity contribution in [3.63, 3.8) is 0 Å². The van der Waals surface area contributed by atoms with E-state index in [0.717, 1.165) is 48.9 Å². The van der Waals surface area contributed by atoms with E-state index in [1.54, 1.807) is 0 Å². The number of hydrogen-bond donors (Lipinski definition) is 2. The van der Waals surface area contributed by atoms with Crippen LogP contribution in [0.2, 0.25) is 0 Å². The van der Waals surface area contributed by atoms with Gasteiger partial charge in [0, 0.05) is 16.2 Å². The summed E-state index contributed by atoms with van der Waals surface area (Å²) >= 11 is 2.54. The summed E-state index contributed by atoms with van der Waals surface area (Å²) in [5, 5.41) is 5.01. The third-order valence-electron chi connectivity index (χ3n) is 4.34. The number of carbonyl (C=O) groups excluding carboxylic acids is 2. The van der Waals surface area contributed by atoms with Crippen molar-refractivity contribution in [2.24, 2.45) is 0 Å². The topological polar surface area (TPSA) is 71.1 Å². The Labute approximate surface area is 160 Å². The first kappa shape index (κ1) is 18.3. The van der Waals surface area contributed by atoms with E-state index in [0.29, 0.717) is 10.0 Å². The summed E-state index contributed by atoms with van der Waals surface area (Å²) in [4.78, 5) is 30.6. The number of hydrogen-bond acceptors (Lipinski definition) is 5. The van der Waals surface area contributed by atoms with Crippen LogP contribution in [0.1, 0.15) is 29.0 Å². The summed E-state index contributed by atoms with van der Waals surface area (Å²) < 4.78 is 38.4. The third kappa shape index (κ3) is 3.81. The van der Waals surface area contributed by atoms with Crippen LogP contribution in [0.4, 0.5) is 24.0 Å². The van der Waals surface area contributed by atoms with E-state index in [9.17, 15) is 22.8 Å². The Balaban J connectivity index is 1.42. The van der Waals surface area contributed by atoms with Gasteiger partial charge >= 0.3 is 6.18 Å². The molecule has 0 saturated heterocycles. The fraction of sp³-hybridized carbons (Fsp3) is 0.353. The number of benzene rings is 1. The van der Waals surface area contributed by atoms with Crippen LogP contribution in [0.3, 0.4) is 0 Å². The molecule has 2 amide bonds. The molecule has 0 saturated carbocycles. The van der Waals surface area contributed by atoms with Crippen molar-refractivity contribution in [1.82, 2.24) is 4.98 Å². The minimum atomic E-state index is -4.48. The minimum Gasteiger partial charge on any atom is -0.324 e. The molecule has 1 aromatic carbocycles. The normalized spacial score (nSPS) is 18.6. The molecule has 1 aliphatic heterocycles. The number of aromatic nitrogens is 1. The average molecular weight is 413 g/mol. The number of anilines is 2. The van der Waals surface area contributed by atoms with Crippen LogP contribution in [-0.4, -0.2) is 22.0 Å². The van der Waals surface area contributed by atoms with E-state index in [1.165, 1.54) is 22.3 Å². The highest BCUT2D eigenvalue weighted by Gasteiger charge is 2.34. The highest BCUT2D eigenvalue weighted by Crippen LogP contribution is 2.40. The fourth-order valence-electron chi connectivity index (χ4n) is 3.04. The molecule has 0 unspecified atom stereocenters. The van der Waals surface area contributed by atoms with E-state index in [4.69, 9.17) is 0 Å². The van der Waals surface area contributed by atoms with Crippen LogP contribution in [0.25, 0.3) is 0 Å². The second-order valence-electron chi connectivity index (χ2n) is 6.30. The Morgan fingerprint density at radius 3 is 2.89 bits per heavy atom. The Hall–Kier alpha value is -2.07. The van der Waals surface area contributed by atoms with Gasteiger partial charge in [-0.25, -0.2) is 4.98 Å². The molecule has 0 bridgehead atoms. The van der Waals surface area contributed by atoms with Crippen molar-refractivity contribution in [3.05, 3.63) is 34.3 Å². The van der Waals surface area contributed by atoms with Crippen molar-refractivity contribution >= 4 is 45.7 Å². The van der Waals surface area contributed by atoms with Gasteiger partial charge in [-0.2, -0.15) is 13.2 Å². The molecule has 0 spiro atoms. The summed E-state index contributed by atoms with van der Waals surface area (Å²) in [6.07, 6.45) is -1.59. The Bertz CT molecular complexity index is 905. The standard InChI is InChI=1S/C17H14F3N3O2S2/c18-17(19,20)8-4-5-12-10(6-8)21-15(25)13(26-12)7-14(24)23-16-22-9-2-1-3-11(9)27-16/h4-6,13H,1-3,7H2,(H,21,25)(H,22,23,24)/t13-/m1/s1. The number of carbonyl (C=O) groups is 2. The van der Waals surface area contributed by atoms with Crippen LogP contribution in [0.15, 0.2) is 23.1 Å². The van der Waals surface area contributed by atoms with Crippen molar-refractivity contribution < 1.29 is 22.8 Å². The number of nitrogens with one attached hydrogen (secondary N) is 2. The number of thiazole rings is 1. The quantitative estimate of drug-likeness (QED) is 0.795. The van der Waals surface area contributed by atoms with E-state index < -0.39 is 22.9 Å². The number of aryl methyl sites for hydroxylation is 2. The van der Waals surface area contributed by atoms with Crippen LogP contribution in [0, 0.1) is 0 Å². The molecule has 2 aliphatic rings. The first-order valence-corrected chi connectivity index (χ1v) is 9.96. The molecule has 2 aromatic rings. The molecule has 10 heteroatoms. The molecular formula is C17H14F3N3O2S2. The maximum Gasteiger partial charge on any atom is 0.416 e. The first-order chi connectivity index (χ1) is 12.8. The van der Waals surface area contributed by atoms with Gasteiger partial charge in [-0.1, -0.05) is 0 Å². The van der Waals surface area contributed by atoms with Crippen LogP contribution in [-0.2, 0) is 28.6 Å². The molecule has 2 heterocycles. The Morgan fingerprint density at radius 2 is 2.15 bits per heavy atom. The summed E-state index contributed by atoms with van der Waals surface area (Å²) in [5.41, 5.74) is 0.317. The molecule has 4 rings (SSSR count). The summed E-state index contributed by atoms with van der Waals surface area (Å²) in [6, 6.07) is 3.20. The van der Waals surface area contributed by atoms with Gasteiger partial charge in [0.05, 0.1) is 22.2 Å².